The molecule has 0 saturated heterocycles. The molecule has 1 aromatic rings. The van der Waals surface area contributed by atoms with Crippen LogP contribution in [0.25, 0.3) is 0 Å². The molecule has 0 radical (unpaired) electrons. The van der Waals surface area contributed by atoms with Crippen molar-refractivity contribution in [2.24, 2.45) is 0 Å². The van der Waals surface area contributed by atoms with Crippen LogP contribution < -0.4 is 0 Å². The van der Waals surface area contributed by atoms with Gasteiger partial charge < -0.3 is 13.9 Å². The fraction of sp³-hybridized carbons (Fsp3) is 0.667. The molecule has 0 bridgehead atoms. The van der Waals surface area contributed by atoms with E-state index >= 15 is 0 Å². The van der Waals surface area contributed by atoms with Gasteiger partial charge >= 0.3 is 0 Å². The van der Waals surface area contributed by atoms with Gasteiger partial charge in [0, 0.05) is 18.8 Å². The molecule has 0 unspecified atom stereocenters. The van der Waals surface area contributed by atoms with E-state index in [2.05, 4.69) is 0 Å². The fourth-order valence-electron chi connectivity index (χ4n) is 2.58. The molecule has 0 aliphatic carbocycles. The Balaban J connectivity index is 2.20. The Morgan fingerprint density at radius 2 is 1.19 bits per heavy atom. The van der Waals surface area contributed by atoms with Crippen LogP contribution in [0.3, 0.4) is 0 Å². The topological polar surface area (TPSA) is 27.7 Å². The first kappa shape index (κ1) is 24.0. The molecule has 0 aliphatic heterocycles. The monoisotopic (exact) mass is 414 g/mol. The highest BCUT2D eigenvalue weighted by Gasteiger charge is 2.24. The van der Waals surface area contributed by atoms with Crippen molar-refractivity contribution in [1.82, 2.24) is 0 Å². The Kier molecular flexibility index (Phi) is 11.7. The zero-order valence-corrected chi connectivity index (χ0v) is 17.2. The summed E-state index contributed by atoms with van der Waals surface area (Å²) in [5.74, 6) is -9.34. The van der Waals surface area contributed by atoms with Crippen LogP contribution in [-0.2, 0) is 20.3 Å². The van der Waals surface area contributed by atoms with Crippen LogP contribution in [0.15, 0.2) is 0 Å². The number of unbranched alkanes of at least 4 members (excludes halogenated alkanes) is 4. The minimum Gasteiger partial charge on any atom is -0.379 e. The van der Waals surface area contributed by atoms with E-state index in [-0.39, 0.29) is 6.42 Å². The van der Waals surface area contributed by atoms with Gasteiger partial charge in [-0.1, -0.05) is 25.7 Å². The smallest absolute Gasteiger partial charge is 0.261 e. The van der Waals surface area contributed by atoms with Crippen LogP contribution >= 0.6 is 0 Å². The van der Waals surface area contributed by atoms with Crippen LogP contribution in [0, 0.1) is 29.1 Å². The molecule has 9 heteroatoms. The van der Waals surface area contributed by atoms with Gasteiger partial charge in [-0.3, -0.25) is 0 Å². The van der Waals surface area contributed by atoms with Crippen molar-refractivity contribution in [3.05, 3.63) is 34.6 Å². The van der Waals surface area contributed by atoms with Gasteiger partial charge in [-0.25, -0.2) is 22.0 Å². The van der Waals surface area contributed by atoms with Crippen LogP contribution in [0.1, 0.15) is 51.5 Å². The van der Waals surface area contributed by atoms with Gasteiger partial charge in [0.15, 0.2) is 33.0 Å². The van der Waals surface area contributed by atoms with Crippen molar-refractivity contribution >= 4 is 9.76 Å². The van der Waals surface area contributed by atoms with Crippen LogP contribution in [0.5, 0.6) is 0 Å². The maximum Gasteiger partial charge on any atom is 0.261 e. The lowest BCUT2D eigenvalue weighted by atomic mass is 10.0. The van der Waals surface area contributed by atoms with Crippen molar-refractivity contribution in [1.29, 1.82) is 0 Å². The predicted octanol–water partition coefficient (Wildman–Crippen LogP) is 4.75. The Labute approximate surface area is 159 Å². The molecule has 0 aliphatic rings. The van der Waals surface area contributed by atoms with E-state index in [1.54, 1.807) is 0 Å². The van der Waals surface area contributed by atoms with E-state index in [1.165, 1.54) is 0 Å². The van der Waals surface area contributed by atoms with E-state index in [4.69, 9.17) is 13.9 Å². The summed E-state index contributed by atoms with van der Waals surface area (Å²) in [5, 5.41) is 0. The second-order valence-electron chi connectivity index (χ2n) is 5.99. The first-order valence-electron chi connectivity index (χ1n) is 9.29. The Hall–Kier alpha value is -1.03. The highest BCUT2D eigenvalue weighted by atomic mass is 28.2. The van der Waals surface area contributed by atoms with Crippen molar-refractivity contribution in [3.8, 4) is 0 Å². The lowest BCUT2D eigenvalue weighted by Gasteiger charge is -2.17. The first-order chi connectivity index (χ1) is 12.9. The van der Waals surface area contributed by atoms with Crippen molar-refractivity contribution in [2.75, 3.05) is 13.2 Å². The molecule has 0 saturated carbocycles. The molecular formula is C18H27F5O3Si. The van der Waals surface area contributed by atoms with E-state index in [9.17, 15) is 22.0 Å². The molecule has 0 N–H and O–H groups in total. The standard InChI is InChI=1S/C18H27F5O3Si/c1-3-24-18(25-4-2)26-27-11-9-7-5-6-8-10-12-13(19)15(21)17(23)16(22)14(12)20/h18H,3-11,27H2,1-2H3. The quantitative estimate of drug-likeness (QED) is 0.110. The Morgan fingerprint density at radius 1 is 0.704 bits per heavy atom. The highest BCUT2D eigenvalue weighted by molar-refractivity contribution is 6.27. The molecule has 0 fully saturated rings. The molecule has 0 heterocycles. The number of hydrogen-bond acceptors (Lipinski definition) is 3. The number of hydrogen-bond donors (Lipinski definition) is 0. The summed E-state index contributed by atoms with van der Waals surface area (Å²) in [6.07, 6.45) is 3.55. The molecule has 27 heavy (non-hydrogen) atoms. The van der Waals surface area contributed by atoms with E-state index < -0.39 is 50.9 Å². The lowest BCUT2D eigenvalue weighted by Crippen LogP contribution is -2.22. The number of rotatable bonds is 14. The van der Waals surface area contributed by atoms with E-state index in [0.29, 0.717) is 26.1 Å². The summed E-state index contributed by atoms with van der Waals surface area (Å²) in [5.41, 5.74) is -0.731. The predicted molar refractivity (Wildman–Crippen MR) is 94.5 cm³/mol. The minimum absolute atomic E-state index is 0.173. The number of ether oxygens (including phenoxy) is 2. The van der Waals surface area contributed by atoms with Crippen molar-refractivity contribution < 1.29 is 35.9 Å². The van der Waals surface area contributed by atoms with Crippen LogP contribution in [0.4, 0.5) is 22.0 Å². The molecule has 0 aromatic heterocycles. The lowest BCUT2D eigenvalue weighted by molar-refractivity contribution is -0.243. The number of benzene rings is 1. The van der Waals surface area contributed by atoms with Gasteiger partial charge in [-0.05, 0) is 32.7 Å². The first-order valence-corrected chi connectivity index (χ1v) is 10.9. The average molecular weight is 414 g/mol. The van der Waals surface area contributed by atoms with Crippen LogP contribution in [0.2, 0.25) is 6.04 Å². The normalized spacial score (nSPS) is 12.0. The molecule has 1 rings (SSSR count). The molecule has 0 amide bonds. The highest BCUT2D eigenvalue weighted by Crippen LogP contribution is 2.24. The molecule has 156 valence electrons. The van der Waals surface area contributed by atoms with Crippen LogP contribution in [-0.4, -0.2) is 29.5 Å². The van der Waals surface area contributed by atoms with Gasteiger partial charge in [0.25, 0.3) is 6.48 Å². The van der Waals surface area contributed by atoms with Crippen molar-refractivity contribution in [2.45, 2.75) is 64.9 Å². The van der Waals surface area contributed by atoms with E-state index in [1.807, 2.05) is 13.8 Å². The third-order valence-corrected chi connectivity index (χ3v) is 5.28. The van der Waals surface area contributed by atoms with Crippen molar-refractivity contribution in [3.63, 3.8) is 0 Å². The Bertz CT molecular complexity index is 539. The molecule has 3 nitrogen and oxygen atoms in total. The van der Waals surface area contributed by atoms with Gasteiger partial charge in [-0.2, -0.15) is 0 Å². The largest absolute Gasteiger partial charge is 0.379 e. The molecule has 1 aromatic carbocycles. The summed E-state index contributed by atoms with van der Waals surface area (Å²) in [6, 6.07) is 0.953. The minimum atomic E-state index is -2.11. The Morgan fingerprint density at radius 3 is 1.74 bits per heavy atom. The zero-order chi connectivity index (χ0) is 20.2. The average Bonchev–Trinajstić information content (AvgIpc) is 2.66. The summed E-state index contributed by atoms with van der Waals surface area (Å²) in [4.78, 5) is 0. The maximum absolute atomic E-state index is 13.5. The second-order valence-corrected chi connectivity index (χ2v) is 7.44. The maximum atomic E-state index is 13.5. The SMILES string of the molecule is CCOC(OCC)O[SiH2]CCCCCCCc1c(F)c(F)c(F)c(F)c1F. The third kappa shape index (κ3) is 7.85. The molecule has 0 atom stereocenters. The zero-order valence-electron chi connectivity index (χ0n) is 15.8. The van der Waals surface area contributed by atoms with Gasteiger partial charge in [-0.15, -0.1) is 0 Å². The molecular weight excluding hydrogens is 387 g/mol. The summed E-state index contributed by atoms with van der Waals surface area (Å²) in [7, 11) is -0.750. The number of halogens is 5. The molecule has 0 spiro atoms. The third-order valence-electron chi connectivity index (χ3n) is 3.98. The van der Waals surface area contributed by atoms with Gasteiger partial charge in [0.2, 0.25) is 5.82 Å². The van der Waals surface area contributed by atoms with E-state index in [0.717, 1.165) is 25.3 Å². The van der Waals surface area contributed by atoms with Gasteiger partial charge in [0.05, 0.1) is 0 Å². The van der Waals surface area contributed by atoms with Gasteiger partial charge in [0.1, 0.15) is 0 Å². The summed E-state index contributed by atoms with van der Waals surface area (Å²) < 4.78 is 82.4. The summed E-state index contributed by atoms with van der Waals surface area (Å²) >= 11 is 0. The fourth-order valence-corrected chi connectivity index (χ4v) is 3.69. The summed E-state index contributed by atoms with van der Waals surface area (Å²) in [6.45, 7) is 4.17. The second kappa shape index (κ2) is 13.2.